The van der Waals surface area contributed by atoms with Gasteiger partial charge in [-0.3, -0.25) is 4.79 Å². The Bertz CT molecular complexity index is 413. The SMILES string of the molecule is CC(C)c1cc(O)cc2c1OCC(=O)N2. The quantitative estimate of drug-likeness (QED) is 0.738. The fraction of sp³-hybridized carbons (Fsp3) is 0.364. The number of hydrogen-bond donors (Lipinski definition) is 2. The average molecular weight is 207 g/mol. The maximum atomic E-state index is 11.1. The van der Waals surface area contributed by atoms with E-state index in [0.29, 0.717) is 11.4 Å². The topological polar surface area (TPSA) is 58.6 Å². The molecule has 0 saturated heterocycles. The highest BCUT2D eigenvalue weighted by atomic mass is 16.5. The van der Waals surface area contributed by atoms with Crippen molar-refractivity contribution in [3.8, 4) is 11.5 Å². The summed E-state index contributed by atoms with van der Waals surface area (Å²) in [6.45, 7) is 4.06. The van der Waals surface area contributed by atoms with Gasteiger partial charge in [-0.1, -0.05) is 13.8 Å². The highest BCUT2D eigenvalue weighted by molar-refractivity contribution is 5.96. The second-order valence-electron chi connectivity index (χ2n) is 3.90. The van der Waals surface area contributed by atoms with Crippen LogP contribution in [0.25, 0.3) is 0 Å². The Hall–Kier alpha value is -1.71. The zero-order valence-corrected chi connectivity index (χ0v) is 8.70. The maximum absolute atomic E-state index is 11.1. The molecule has 0 fully saturated rings. The van der Waals surface area contributed by atoms with E-state index in [2.05, 4.69) is 5.32 Å². The van der Waals surface area contributed by atoms with Gasteiger partial charge in [-0.25, -0.2) is 0 Å². The van der Waals surface area contributed by atoms with Crippen LogP contribution in [0, 0.1) is 0 Å². The molecule has 0 unspecified atom stereocenters. The van der Waals surface area contributed by atoms with Crippen LogP contribution in [-0.4, -0.2) is 17.6 Å². The molecule has 4 nitrogen and oxygen atoms in total. The molecule has 0 aliphatic carbocycles. The molecular weight excluding hydrogens is 194 g/mol. The van der Waals surface area contributed by atoms with Crippen molar-refractivity contribution in [1.29, 1.82) is 0 Å². The van der Waals surface area contributed by atoms with Gasteiger partial charge in [0.1, 0.15) is 11.5 Å². The van der Waals surface area contributed by atoms with Crippen molar-refractivity contribution in [2.24, 2.45) is 0 Å². The summed E-state index contributed by atoms with van der Waals surface area (Å²) in [6, 6.07) is 3.17. The Labute approximate surface area is 87.9 Å². The number of carbonyl (C=O) groups is 1. The van der Waals surface area contributed by atoms with Crippen molar-refractivity contribution >= 4 is 11.6 Å². The molecule has 4 heteroatoms. The number of carbonyl (C=O) groups excluding carboxylic acids is 1. The summed E-state index contributed by atoms with van der Waals surface area (Å²) in [5, 5.41) is 12.2. The Kier molecular flexibility index (Phi) is 2.26. The van der Waals surface area contributed by atoms with Crippen molar-refractivity contribution in [2.45, 2.75) is 19.8 Å². The fourth-order valence-corrected chi connectivity index (χ4v) is 1.64. The molecule has 2 rings (SSSR count). The number of phenols is 1. The molecule has 1 aliphatic heterocycles. The van der Waals surface area contributed by atoms with Gasteiger partial charge in [0.05, 0.1) is 5.69 Å². The molecule has 1 heterocycles. The molecule has 0 aromatic heterocycles. The smallest absolute Gasteiger partial charge is 0.262 e. The van der Waals surface area contributed by atoms with E-state index in [1.165, 1.54) is 6.07 Å². The van der Waals surface area contributed by atoms with E-state index < -0.39 is 0 Å². The van der Waals surface area contributed by atoms with Crippen LogP contribution >= 0.6 is 0 Å². The first-order valence-electron chi connectivity index (χ1n) is 4.87. The third-order valence-corrected chi connectivity index (χ3v) is 2.35. The van der Waals surface area contributed by atoms with Crippen LogP contribution in [0.5, 0.6) is 11.5 Å². The van der Waals surface area contributed by atoms with Crippen LogP contribution in [0.1, 0.15) is 25.3 Å². The first-order valence-corrected chi connectivity index (χ1v) is 4.87. The first-order chi connectivity index (χ1) is 7.08. The van der Waals surface area contributed by atoms with Crippen LogP contribution in [0.15, 0.2) is 12.1 Å². The first kappa shape index (κ1) is 9.83. The number of anilines is 1. The molecule has 1 aliphatic rings. The Balaban J connectivity index is 2.53. The molecule has 1 aromatic carbocycles. The van der Waals surface area contributed by atoms with Crippen LogP contribution in [0.4, 0.5) is 5.69 Å². The number of amides is 1. The second kappa shape index (κ2) is 3.46. The summed E-state index contributed by atoms with van der Waals surface area (Å²) in [5.74, 6) is 0.856. The second-order valence-corrected chi connectivity index (χ2v) is 3.90. The lowest BCUT2D eigenvalue weighted by Gasteiger charge is -2.22. The zero-order valence-electron chi connectivity index (χ0n) is 8.70. The Morgan fingerprint density at radius 2 is 2.20 bits per heavy atom. The highest BCUT2D eigenvalue weighted by Crippen LogP contribution is 2.39. The van der Waals surface area contributed by atoms with E-state index in [-0.39, 0.29) is 24.2 Å². The van der Waals surface area contributed by atoms with Gasteiger partial charge < -0.3 is 15.2 Å². The van der Waals surface area contributed by atoms with Crippen molar-refractivity contribution in [2.75, 3.05) is 11.9 Å². The van der Waals surface area contributed by atoms with E-state index in [1.54, 1.807) is 6.07 Å². The Morgan fingerprint density at radius 3 is 2.87 bits per heavy atom. The van der Waals surface area contributed by atoms with E-state index in [0.717, 1.165) is 5.56 Å². The lowest BCUT2D eigenvalue weighted by Crippen LogP contribution is -2.26. The van der Waals surface area contributed by atoms with E-state index in [4.69, 9.17) is 4.74 Å². The molecular formula is C11H13NO3. The molecule has 80 valence electrons. The van der Waals surface area contributed by atoms with Crippen molar-refractivity contribution in [1.82, 2.24) is 0 Å². The van der Waals surface area contributed by atoms with Crippen LogP contribution < -0.4 is 10.1 Å². The van der Waals surface area contributed by atoms with Crippen LogP contribution in [0.2, 0.25) is 0 Å². The van der Waals surface area contributed by atoms with Crippen LogP contribution in [-0.2, 0) is 4.79 Å². The number of phenolic OH excluding ortho intramolecular Hbond substituents is 1. The molecule has 1 amide bonds. The summed E-state index contributed by atoms with van der Waals surface area (Å²) < 4.78 is 5.36. The highest BCUT2D eigenvalue weighted by Gasteiger charge is 2.21. The third kappa shape index (κ3) is 1.75. The average Bonchev–Trinajstić information content (AvgIpc) is 2.15. The summed E-state index contributed by atoms with van der Waals surface area (Å²) >= 11 is 0. The molecule has 0 bridgehead atoms. The molecule has 2 N–H and O–H groups in total. The number of rotatable bonds is 1. The number of benzene rings is 1. The normalized spacial score (nSPS) is 14.5. The summed E-state index contributed by atoms with van der Waals surface area (Å²) in [4.78, 5) is 11.1. The predicted octanol–water partition coefficient (Wildman–Crippen LogP) is 1.85. The van der Waals surface area contributed by atoms with Gasteiger partial charge >= 0.3 is 0 Å². The van der Waals surface area contributed by atoms with Crippen molar-refractivity contribution < 1.29 is 14.6 Å². The summed E-state index contributed by atoms with van der Waals surface area (Å²) in [5.41, 5.74) is 1.46. The minimum absolute atomic E-state index is 0.0392. The lowest BCUT2D eigenvalue weighted by atomic mass is 10.00. The number of nitrogens with one attached hydrogen (secondary N) is 1. The van der Waals surface area contributed by atoms with Gasteiger partial charge in [-0.2, -0.15) is 0 Å². The van der Waals surface area contributed by atoms with Crippen molar-refractivity contribution in [3.05, 3.63) is 17.7 Å². The van der Waals surface area contributed by atoms with E-state index >= 15 is 0 Å². The van der Waals surface area contributed by atoms with E-state index in [1.807, 2.05) is 13.8 Å². The van der Waals surface area contributed by atoms with Gasteiger partial charge in [0.25, 0.3) is 5.91 Å². The largest absolute Gasteiger partial charge is 0.508 e. The summed E-state index contributed by atoms with van der Waals surface area (Å²) in [7, 11) is 0. The number of hydrogen-bond acceptors (Lipinski definition) is 3. The Morgan fingerprint density at radius 1 is 1.47 bits per heavy atom. The van der Waals surface area contributed by atoms with Gasteiger partial charge in [-0.15, -0.1) is 0 Å². The lowest BCUT2D eigenvalue weighted by molar-refractivity contribution is -0.118. The standard InChI is InChI=1S/C11H13NO3/c1-6(2)8-3-7(13)4-9-11(8)15-5-10(14)12-9/h3-4,6,13H,5H2,1-2H3,(H,12,14). The van der Waals surface area contributed by atoms with Crippen molar-refractivity contribution in [3.63, 3.8) is 0 Å². The molecule has 0 radical (unpaired) electrons. The van der Waals surface area contributed by atoms with Gasteiger partial charge in [0.2, 0.25) is 0 Å². The minimum Gasteiger partial charge on any atom is -0.508 e. The van der Waals surface area contributed by atoms with Gasteiger partial charge in [0, 0.05) is 11.6 Å². The molecule has 0 saturated carbocycles. The predicted molar refractivity (Wildman–Crippen MR) is 56.3 cm³/mol. The molecule has 15 heavy (non-hydrogen) atoms. The number of aromatic hydroxyl groups is 1. The molecule has 0 spiro atoms. The molecule has 1 aromatic rings. The zero-order chi connectivity index (χ0) is 11.0. The third-order valence-electron chi connectivity index (χ3n) is 2.35. The number of ether oxygens (including phenoxy) is 1. The van der Waals surface area contributed by atoms with Gasteiger partial charge in [-0.05, 0) is 12.0 Å². The monoisotopic (exact) mass is 207 g/mol. The van der Waals surface area contributed by atoms with E-state index in [9.17, 15) is 9.90 Å². The van der Waals surface area contributed by atoms with Gasteiger partial charge in [0.15, 0.2) is 6.61 Å². The minimum atomic E-state index is -0.192. The van der Waals surface area contributed by atoms with Crippen LogP contribution in [0.3, 0.4) is 0 Å². The maximum Gasteiger partial charge on any atom is 0.262 e. The molecule has 0 atom stereocenters. The number of fused-ring (bicyclic) bond motifs is 1. The summed E-state index contributed by atoms with van der Waals surface area (Å²) in [6.07, 6.45) is 0. The fourth-order valence-electron chi connectivity index (χ4n) is 1.64.